The Balaban J connectivity index is 1.65. The van der Waals surface area contributed by atoms with E-state index in [2.05, 4.69) is 42.7 Å². The van der Waals surface area contributed by atoms with Gasteiger partial charge >= 0.3 is 0 Å². The van der Waals surface area contributed by atoms with E-state index in [1.54, 1.807) is 12.1 Å². The van der Waals surface area contributed by atoms with Crippen LogP contribution in [0.15, 0.2) is 66.1 Å². The second-order valence-electron chi connectivity index (χ2n) is 7.07. The molecule has 4 heteroatoms. The van der Waals surface area contributed by atoms with Crippen LogP contribution in [0.2, 0.25) is 0 Å². The van der Waals surface area contributed by atoms with Gasteiger partial charge in [-0.2, -0.15) is 0 Å². The Bertz CT molecular complexity index is 839. The normalized spacial score (nSPS) is 18.1. The molecule has 1 heterocycles. The molecule has 1 aliphatic heterocycles. The van der Waals surface area contributed by atoms with Crippen molar-refractivity contribution in [2.75, 3.05) is 18.8 Å². The number of hydrogen-bond acceptors (Lipinski definition) is 3. The molecule has 0 aromatic heterocycles. The monoisotopic (exact) mass is 369 g/mol. The number of nitrogens with zero attached hydrogens (tertiary/aromatic N) is 1. The smallest absolute Gasteiger partial charge is 0.181 e. The molecule has 26 heavy (non-hydrogen) atoms. The summed E-state index contributed by atoms with van der Waals surface area (Å²) < 4.78 is 24.1. The first-order chi connectivity index (χ1) is 12.5. The lowest BCUT2D eigenvalue weighted by Crippen LogP contribution is -2.28. The van der Waals surface area contributed by atoms with Crippen molar-refractivity contribution in [3.05, 3.63) is 66.7 Å². The van der Waals surface area contributed by atoms with Gasteiger partial charge in [-0.1, -0.05) is 42.5 Å². The van der Waals surface area contributed by atoms with Gasteiger partial charge < -0.3 is 4.90 Å². The number of likely N-dealkylation sites (tertiary alicyclic amines) is 1. The molecule has 0 bridgehead atoms. The molecule has 2 aromatic rings. The average molecular weight is 370 g/mol. The quantitative estimate of drug-likeness (QED) is 0.681. The van der Waals surface area contributed by atoms with Crippen LogP contribution >= 0.6 is 0 Å². The molecule has 0 amide bonds. The lowest BCUT2D eigenvalue weighted by molar-refractivity contribution is 0.272. The number of hydrogen-bond donors (Lipinski definition) is 0. The first-order valence-electron chi connectivity index (χ1n) is 9.27. The molecule has 1 unspecified atom stereocenters. The van der Waals surface area contributed by atoms with Crippen LogP contribution in [-0.4, -0.2) is 38.2 Å². The Morgan fingerprint density at radius 2 is 1.69 bits per heavy atom. The van der Waals surface area contributed by atoms with E-state index in [-0.39, 0.29) is 5.75 Å². The lowest BCUT2D eigenvalue weighted by atomic mass is 10.0. The van der Waals surface area contributed by atoms with Crippen LogP contribution in [0.4, 0.5) is 0 Å². The van der Waals surface area contributed by atoms with Crippen LogP contribution in [0.25, 0.3) is 11.1 Å². The third-order valence-corrected chi connectivity index (χ3v) is 6.88. The standard InChI is InChI=1S/C22H27NO2S/c1-3-17-26(24,25)22-12-10-21(11-13-22)20-8-6-19(7-9-20)14-16-23-15-4-5-18(23)2/h3,6-13,18H,1,4-5,14-17H2,2H3. The molecule has 1 saturated heterocycles. The summed E-state index contributed by atoms with van der Waals surface area (Å²) >= 11 is 0. The molecule has 0 saturated carbocycles. The molecule has 3 rings (SSSR count). The highest BCUT2D eigenvalue weighted by Gasteiger charge is 2.19. The van der Waals surface area contributed by atoms with E-state index >= 15 is 0 Å². The van der Waals surface area contributed by atoms with Crippen LogP contribution < -0.4 is 0 Å². The van der Waals surface area contributed by atoms with Gasteiger partial charge in [-0.05, 0) is 61.6 Å². The van der Waals surface area contributed by atoms with E-state index in [1.165, 1.54) is 31.0 Å². The zero-order chi connectivity index (χ0) is 18.6. The van der Waals surface area contributed by atoms with Crippen LogP contribution in [-0.2, 0) is 16.3 Å². The number of rotatable bonds is 7. The van der Waals surface area contributed by atoms with Crippen molar-refractivity contribution >= 4 is 9.84 Å². The van der Waals surface area contributed by atoms with Gasteiger partial charge in [0.2, 0.25) is 0 Å². The van der Waals surface area contributed by atoms with Crippen LogP contribution in [0, 0.1) is 0 Å². The summed E-state index contributed by atoms with van der Waals surface area (Å²) in [6.45, 7) is 8.17. The van der Waals surface area contributed by atoms with E-state index < -0.39 is 9.84 Å². The van der Waals surface area contributed by atoms with Gasteiger partial charge in [0, 0.05) is 12.6 Å². The minimum Gasteiger partial charge on any atom is -0.300 e. The van der Waals surface area contributed by atoms with Crippen molar-refractivity contribution in [3.63, 3.8) is 0 Å². The van der Waals surface area contributed by atoms with Crippen molar-refractivity contribution < 1.29 is 8.42 Å². The fourth-order valence-corrected chi connectivity index (χ4v) is 4.62. The van der Waals surface area contributed by atoms with Gasteiger partial charge in [-0.3, -0.25) is 0 Å². The Kier molecular flexibility index (Phi) is 5.94. The van der Waals surface area contributed by atoms with Crippen molar-refractivity contribution in [3.8, 4) is 11.1 Å². The largest absolute Gasteiger partial charge is 0.300 e. The molecule has 0 spiro atoms. The molecule has 1 aliphatic rings. The van der Waals surface area contributed by atoms with E-state index in [9.17, 15) is 8.42 Å². The Morgan fingerprint density at radius 3 is 2.23 bits per heavy atom. The molecule has 0 radical (unpaired) electrons. The molecule has 1 fully saturated rings. The molecule has 0 aliphatic carbocycles. The summed E-state index contributed by atoms with van der Waals surface area (Å²) in [5, 5.41) is 0. The van der Waals surface area contributed by atoms with E-state index in [1.807, 2.05) is 12.1 Å². The maximum Gasteiger partial charge on any atom is 0.181 e. The SMILES string of the molecule is C=CCS(=O)(=O)c1ccc(-c2ccc(CCN3CCCC3C)cc2)cc1. The molecule has 1 atom stereocenters. The minimum absolute atomic E-state index is 0.0311. The van der Waals surface area contributed by atoms with Crippen LogP contribution in [0.3, 0.4) is 0 Å². The summed E-state index contributed by atoms with van der Waals surface area (Å²) in [5.74, 6) is -0.0311. The Labute approximate surface area is 157 Å². The summed E-state index contributed by atoms with van der Waals surface area (Å²) in [7, 11) is -3.26. The zero-order valence-electron chi connectivity index (χ0n) is 15.4. The zero-order valence-corrected chi connectivity index (χ0v) is 16.2. The van der Waals surface area contributed by atoms with E-state index in [4.69, 9.17) is 0 Å². The molecule has 2 aromatic carbocycles. The van der Waals surface area contributed by atoms with Crippen LogP contribution in [0.1, 0.15) is 25.3 Å². The van der Waals surface area contributed by atoms with Gasteiger partial charge in [-0.25, -0.2) is 8.42 Å². The van der Waals surface area contributed by atoms with Gasteiger partial charge in [-0.15, -0.1) is 6.58 Å². The van der Waals surface area contributed by atoms with Crippen molar-refractivity contribution in [1.82, 2.24) is 4.90 Å². The van der Waals surface area contributed by atoms with Crippen LogP contribution in [0.5, 0.6) is 0 Å². The average Bonchev–Trinajstić information content (AvgIpc) is 3.05. The predicted molar refractivity (Wildman–Crippen MR) is 108 cm³/mol. The molecule has 138 valence electrons. The predicted octanol–water partition coefficient (Wildman–Crippen LogP) is 4.34. The van der Waals surface area contributed by atoms with E-state index in [0.717, 1.165) is 24.1 Å². The molecule has 3 nitrogen and oxygen atoms in total. The highest BCUT2D eigenvalue weighted by Crippen LogP contribution is 2.23. The van der Waals surface area contributed by atoms with Gasteiger partial charge in [0.15, 0.2) is 9.84 Å². The second-order valence-corrected chi connectivity index (χ2v) is 9.10. The first-order valence-corrected chi connectivity index (χ1v) is 10.9. The summed E-state index contributed by atoms with van der Waals surface area (Å²) in [6.07, 6.45) is 5.13. The summed E-state index contributed by atoms with van der Waals surface area (Å²) in [6, 6.07) is 16.4. The van der Waals surface area contributed by atoms with Gasteiger partial charge in [0.25, 0.3) is 0 Å². The second kappa shape index (κ2) is 8.19. The highest BCUT2D eigenvalue weighted by molar-refractivity contribution is 7.91. The van der Waals surface area contributed by atoms with Crippen molar-refractivity contribution in [1.29, 1.82) is 0 Å². The molecular formula is C22H27NO2S. The van der Waals surface area contributed by atoms with E-state index in [0.29, 0.717) is 10.9 Å². The fraction of sp³-hybridized carbons (Fsp3) is 0.364. The van der Waals surface area contributed by atoms with Gasteiger partial charge in [0.1, 0.15) is 0 Å². The highest BCUT2D eigenvalue weighted by atomic mass is 32.2. The third kappa shape index (κ3) is 4.43. The van der Waals surface area contributed by atoms with Crippen molar-refractivity contribution in [2.45, 2.75) is 37.1 Å². The van der Waals surface area contributed by atoms with Crippen molar-refractivity contribution in [2.24, 2.45) is 0 Å². The number of benzene rings is 2. The molecular weight excluding hydrogens is 342 g/mol. The maximum atomic E-state index is 12.1. The summed E-state index contributed by atoms with van der Waals surface area (Å²) in [4.78, 5) is 2.91. The Hall–Kier alpha value is -1.91. The Morgan fingerprint density at radius 1 is 1.08 bits per heavy atom. The topological polar surface area (TPSA) is 37.4 Å². The third-order valence-electron chi connectivity index (χ3n) is 5.22. The summed E-state index contributed by atoms with van der Waals surface area (Å²) in [5.41, 5.74) is 3.48. The first kappa shape index (κ1) is 18.9. The fourth-order valence-electron chi connectivity index (χ4n) is 3.57. The maximum absolute atomic E-state index is 12.1. The van der Waals surface area contributed by atoms with Gasteiger partial charge in [0.05, 0.1) is 10.6 Å². The molecule has 0 N–H and O–H groups in total. The number of sulfone groups is 1. The lowest BCUT2D eigenvalue weighted by Gasteiger charge is -2.20. The minimum atomic E-state index is -3.26.